The summed E-state index contributed by atoms with van der Waals surface area (Å²) in [6, 6.07) is 12.2. The van der Waals surface area contributed by atoms with E-state index in [0.717, 1.165) is 11.1 Å². The van der Waals surface area contributed by atoms with Crippen molar-refractivity contribution in [3.8, 4) is 22.8 Å². The topological polar surface area (TPSA) is 64.1 Å². The molecule has 0 fully saturated rings. The van der Waals surface area contributed by atoms with Crippen molar-refractivity contribution < 1.29 is 8.94 Å². The van der Waals surface area contributed by atoms with Gasteiger partial charge in [0.2, 0.25) is 0 Å². The van der Waals surface area contributed by atoms with Crippen LogP contribution in [-0.2, 0) is 6.42 Å². The van der Waals surface area contributed by atoms with E-state index in [-0.39, 0.29) is 0 Å². The molecule has 1 unspecified atom stereocenters. The molecule has 0 amide bonds. The van der Waals surface area contributed by atoms with Crippen LogP contribution in [0.5, 0.6) is 0 Å². The number of hydrogen-bond donors (Lipinski definition) is 1. The molecule has 0 aliphatic carbocycles. The second-order valence-electron chi connectivity index (χ2n) is 4.94. The van der Waals surface area contributed by atoms with Crippen LogP contribution in [0.1, 0.15) is 12.7 Å². The third-order valence-electron chi connectivity index (χ3n) is 3.39. The van der Waals surface area contributed by atoms with Gasteiger partial charge >= 0.3 is 0 Å². The quantitative estimate of drug-likeness (QED) is 0.779. The maximum atomic E-state index is 5.54. The molecule has 0 saturated carbocycles. The summed E-state index contributed by atoms with van der Waals surface area (Å²) >= 11 is 0. The van der Waals surface area contributed by atoms with E-state index in [0.29, 0.717) is 29.9 Å². The molecule has 0 spiro atoms. The van der Waals surface area contributed by atoms with Crippen molar-refractivity contribution in [2.75, 3.05) is 7.05 Å². The molecule has 2 aromatic heterocycles. The molecule has 1 N–H and O–H groups in total. The van der Waals surface area contributed by atoms with Crippen LogP contribution < -0.4 is 5.32 Å². The molecular weight excluding hydrogens is 266 g/mol. The summed E-state index contributed by atoms with van der Waals surface area (Å²) in [5.74, 6) is 1.69. The Balaban J connectivity index is 1.90. The van der Waals surface area contributed by atoms with Crippen LogP contribution in [0.2, 0.25) is 0 Å². The lowest BCUT2D eigenvalue weighted by Gasteiger charge is -2.04. The molecule has 3 aromatic rings. The fourth-order valence-electron chi connectivity index (χ4n) is 2.12. The highest BCUT2D eigenvalue weighted by molar-refractivity contribution is 5.76. The Morgan fingerprint density at radius 3 is 2.76 bits per heavy atom. The van der Waals surface area contributed by atoms with Crippen molar-refractivity contribution in [1.82, 2.24) is 15.5 Å². The molecule has 3 rings (SSSR count). The summed E-state index contributed by atoms with van der Waals surface area (Å²) in [5.41, 5.74) is 2.01. The molecule has 0 saturated heterocycles. The van der Waals surface area contributed by atoms with Gasteiger partial charge in [0.1, 0.15) is 0 Å². The van der Waals surface area contributed by atoms with E-state index in [9.17, 15) is 0 Å². The third-order valence-corrected chi connectivity index (χ3v) is 3.39. The molecule has 1 atom stereocenters. The molecule has 0 radical (unpaired) electrons. The van der Waals surface area contributed by atoms with Crippen molar-refractivity contribution in [2.45, 2.75) is 19.4 Å². The fraction of sp³-hybridized carbons (Fsp3) is 0.250. The van der Waals surface area contributed by atoms with Gasteiger partial charge in [-0.2, -0.15) is 4.98 Å². The van der Waals surface area contributed by atoms with E-state index < -0.39 is 0 Å². The Morgan fingerprint density at radius 1 is 1.19 bits per heavy atom. The Morgan fingerprint density at radius 2 is 2.00 bits per heavy atom. The first-order valence-electron chi connectivity index (χ1n) is 6.91. The van der Waals surface area contributed by atoms with E-state index in [2.05, 4.69) is 22.4 Å². The summed E-state index contributed by atoms with van der Waals surface area (Å²) in [6.07, 6.45) is 2.35. The number of benzene rings is 1. The van der Waals surface area contributed by atoms with Gasteiger partial charge in [-0.3, -0.25) is 0 Å². The van der Waals surface area contributed by atoms with Crippen molar-refractivity contribution >= 4 is 0 Å². The molecule has 108 valence electrons. The lowest BCUT2D eigenvalue weighted by atomic mass is 10.1. The van der Waals surface area contributed by atoms with Crippen LogP contribution in [0.3, 0.4) is 0 Å². The van der Waals surface area contributed by atoms with Gasteiger partial charge < -0.3 is 14.3 Å². The number of rotatable bonds is 5. The van der Waals surface area contributed by atoms with Crippen molar-refractivity contribution in [2.24, 2.45) is 0 Å². The van der Waals surface area contributed by atoms with Crippen molar-refractivity contribution in [3.05, 3.63) is 48.5 Å². The van der Waals surface area contributed by atoms with Gasteiger partial charge in [-0.25, -0.2) is 0 Å². The monoisotopic (exact) mass is 283 g/mol. The Hall–Kier alpha value is -2.40. The highest BCUT2D eigenvalue weighted by Gasteiger charge is 2.18. The van der Waals surface area contributed by atoms with E-state index in [4.69, 9.17) is 8.94 Å². The highest BCUT2D eigenvalue weighted by atomic mass is 16.5. The van der Waals surface area contributed by atoms with Gasteiger partial charge in [0.05, 0.1) is 6.26 Å². The molecule has 5 nitrogen and oxygen atoms in total. The number of furan rings is 1. The predicted octanol–water partition coefficient (Wildman–Crippen LogP) is 3.15. The molecular formula is C16H17N3O2. The first kappa shape index (κ1) is 13.6. The summed E-state index contributed by atoms with van der Waals surface area (Å²) < 4.78 is 10.9. The average molecular weight is 283 g/mol. The lowest BCUT2D eigenvalue weighted by molar-refractivity contribution is 0.406. The first-order valence-corrected chi connectivity index (χ1v) is 6.91. The van der Waals surface area contributed by atoms with Crippen molar-refractivity contribution in [3.63, 3.8) is 0 Å². The minimum Gasteiger partial charge on any atom is -0.458 e. The van der Waals surface area contributed by atoms with Crippen LogP contribution in [0, 0.1) is 0 Å². The zero-order chi connectivity index (χ0) is 14.7. The third kappa shape index (κ3) is 2.87. The van der Waals surface area contributed by atoms with E-state index >= 15 is 0 Å². The van der Waals surface area contributed by atoms with E-state index in [1.54, 1.807) is 6.26 Å². The van der Waals surface area contributed by atoms with Gasteiger partial charge in [0.25, 0.3) is 5.89 Å². The normalized spacial score (nSPS) is 12.5. The van der Waals surface area contributed by atoms with Gasteiger partial charge in [-0.15, -0.1) is 0 Å². The van der Waals surface area contributed by atoms with Gasteiger partial charge in [0.15, 0.2) is 11.6 Å². The van der Waals surface area contributed by atoms with Gasteiger partial charge in [0, 0.05) is 18.0 Å². The number of nitrogens with one attached hydrogen (secondary N) is 1. The Kier molecular flexibility index (Phi) is 3.83. The summed E-state index contributed by atoms with van der Waals surface area (Å²) in [6.45, 7) is 2.07. The number of aromatic nitrogens is 2. The minimum absolute atomic E-state index is 0.292. The highest BCUT2D eigenvalue weighted by Crippen LogP contribution is 2.32. The molecule has 0 aliphatic heterocycles. The second-order valence-corrected chi connectivity index (χ2v) is 4.94. The van der Waals surface area contributed by atoms with E-state index in [1.165, 1.54) is 0 Å². The van der Waals surface area contributed by atoms with Crippen molar-refractivity contribution in [1.29, 1.82) is 0 Å². The molecule has 2 heterocycles. The molecule has 1 aromatic carbocycles. The predicted molar refractivity (Wildman–Crippen MR) is 79.7 cm³/mol. The number of nitrogens with zero attached hydrogens (tertiary/aromatic N) is 2. The molecule has 0 bridgehead atoms. The number of hydrogen-bond acceptors (Lipinski definition) is 5. The second kappa shape index (κ2) is 5.93. The Labute approximate surface area is 123 Å². The van der Waals surface area contributed by atoms with E-state index in [1.807, 2.05) is 43.4 Å². The molecule has 5 heteroatoms. The van der Waals surface area contributed by atoms with Crippen LogP contribution in [-0.4, -0.2) is 23.2 Å². The molecule has 0 aliphatic rings. The largest absolute Gasteiger partial charge is 0.458 e. The minimum atomic E-state index is 0.292. The average Bonchev–Trinajstić information content (AvgIpc) is 3.16. The smallest absolute Gasteiger partial charge is 0.294 e. The first-order chi connectivity index (χ1) is 10.3. The standard InChI is InChI=1S/C16H17N3O2/c1-11(17-2)10-14-18-16(21-19-14)15-13(8-9-20-15)12-6-4-3-5-7-12/h3-9,11,17H,10H2,1-2H3. The van der Waals surface area contributed by atoms with Crippen LogP contribution >= 0.6 is 0 Å². The fourth-order valence-corrected chi connectivity index (χ4v) is 2.12. The maximum Gasteiger partial charge on any atom is 0.294 e. The van der Waals surface area contributed by atoms with Crippen LogP contribution in [0.15, 0.2) is 51.6 Å². The summed E-state index contributed by atoms with van der Waals surface area (Å²) in [7, 11) is 1.91. The molecule has 21 heavy (non-hydrogen) atoms. The maximum absolute atomic E-state index is 5.54. The van der Waals surface area contributed by atoms with Gasteiger partial charge in [-0.1, -0.05) is 35.5 Å². The summed E-state index contributed by atoms with van der Waals surface area (Å²) in [4.78, 5) is 4.42. The zero-order valence-corrected chi connectivity index (χ0v) is 12.0. The van der Waals surface area contributed by atoms with Gasteiger partial charge in [-0.05, 0) is 25.6 Å². The number of likely N-dealkylation sites (N-methyl/N-ethyl adjacent to an activating group) is 1. The SMILES string of the molecule is CNC(C)Cc1noc(-c2occc2-c2ccccc2)n1. The zero-order valence-electron chi connectivity index (χ0n) is 12.0. The van der Waals surface area contributed by atoms with Crippen LogP contribution in [0.25, 0.3) is 22.8 Å². The summed E-state index contributed by atoms with van der Waals surface area (Å²) in [5, 5.41) is 7.16. The Bertz CT molecular complexity index is 703. The van der Waals surface area contributed by atoms with Crippen LogP contribution in [0.4, 0.5) is 0 Å². The lowest BCUT2D eigenvalue weighted by Crippen LogP contribution is -2.24.